The van der Waals surface area contributed by atoms with Gasteiger partial charge in [0.05, 0.1) is 6.20 Å². The molecular formula is C10H13BrN2O. The number of rotatable bonds is 2. The third kappa shape index (κ3) is 2.69. The van der Waals surface area contributed by atoms with E-state index >= 15 is 0 Å². The number of pyridine rings is 1. The second-order valence-electron chi connectivity index (χ2n) is 3.41. The molecule has 1 fully saturated rings. The zero-order chi connectivity index (χ0) is 9.80. The average Bonchev–Trinajstić information content (AvgIpc) is 2.19. The standard InChI is InChI=1S/C10H13BrN2O/c11-8-5-10(7-13-6-8)14-9-1-3-12-4-2-9/h5-7,9,12H,1-4H2. The van der Waals surface area contributed by atoms with Gasteiger partial charge in [0.1, 0.15) is 11.9 Å². The van der Waals surface area contributed by atoms with E-state index < -0.39 is 0 Å². The Balaban J connectivity index is 1.95. The number of nitrogens with zero attached hydrogens (tertiary/aromatic N) is 1. The summed E-state index contributed by atoms with van der Waals surface area (Å²) in [5.74, 6) is 0.853. The number of hydrogen-bond donors (Lipinski definition) is 1. The lowest BCUT2D eigenvalue weighted by Gasteiger charge is -2.23. The summed E-state index contributed by atoms with van der Waals surface area (Å²) in [5, 5.41) is 3.31. The molecule has 4 heteroatoms. The van der Waals surface area contributed by atoms with Crippen molar-refractivity contribution in [3.05, 3.63) is 22.9 Å². The molecule has 14 heavy (non-hydrogen) atoms. The molecule has 0 saturated carbocycles. The highest BCUT2D eigenvalue weighted by Crippen LogP contribution is 2.19. The fourth-order valence-electron chi connectivity index (χ4n) is 1.56. The van der Waals surface area contributed by atoms with Crippen LogP contribution < -0.4 is 10.1 Å². The Morgan fingerprint density at radius 3 is 2.86 bits per heavy atom. The van der Waals surface area contributed by atoms with Crippen LogP contribution in [-0.4, -0.2) is 24.2 Å². The Hall–Kier alpha value is -0.610. The summed E-state index contributed by atoms with van der Waals surface area (Å²) in [6.45, 7) is 2.10. The highest BCUT2D eigenvalue weighted by Gasteiger charge is 2.14. The first-order valence-electron chi connectivity index (χ1n) is 4.82. The van der Waals surface area contributed by atoms with Crippen molar-refractivity contribution in [1.82, 2.24) is 10.3 Å². The molecule has 2 heterocycles. The molecule has 1 saturated heterocycles. The van der Waals surface area contributed by atoms with Crippen LogP contribution >= 0.6 is 15.9 Å². The van der Waals surface area contributed by atoms with Gasteiger partial charge in [-0.2, -0.15) is 0 Å². The van der Waals surface area contributed by atoms with Gasteiger partial charge in [-0.25, -0.2) is 0 Å². The van der Waals surface area contributed by atoms with Crippen LogP contribution in [0.3, 0.4) is 0 Å². The molecule has 0 atom stereocenters. The molecule has 2 rings (SSSR count). The summed E-state index contributed by atoms with van der Waals surface area (Å²) in [6, 6.07) is 1.95. The van der Waals surface area contributed by atoms with E-state index in [0.29, 0.717) is 6.10 Å². The van der Waals surface area contributed by atoms with Crippen LogP contribution in [0.2, 0.25) is 0 Å². The number of halogens is 1. The Morgan fingerprint density at radius 1 is 1.36 bits per heavy atom. The highest BCUT2D eigenvalue weighted by molar-refractivity contribution is 9.10. The lowest BCUT2D eigenvalue weighted by molar-refractivity contribution is 0.162. The van der Waals surface area contributed by atoms with Crippen LogP contribution in [-0.2, 0) is 0 Å². The maximum absolute atomic E-state index is 5.80. The number of nitrogens with one attached hydrogen (secondary N) is 1. The van der Waals surface area contributed by atoms with Gasteiger partial charge in [-0.05, 0) is 47.9 Å². The molecule has 1 aromatic rings. The molecule has 1 aliphatic rings. The summed E-state index contributed by atoms with van der Waals surface area (Å²) in [5.41, 5.74) is 0. The molecule has 0 unspecified atom stereocenters. The number of piperidine rings is 1. The molecule has 1 N–H and O–H groups in total. The predicted molar refractivity (Wildman–Crippen MR) is 58.5 cm³/mol. The van der Waals surface area contributed by atoms with E-state index in [0.717, 1.165) is 36.2 Å². The van der Waals surface area contributed by atoms with Crippen molar-refractivity contribution in [3.63, 3.8) is 0 Å². The number of aromatic nitrogens is 1. The summed E-state index contributed by atoms with van der Waals surface area (Å²) in [7, 11) is 0. The third-order valence-electron chi connectivity index (χ3n) is 2.27. The fraction of sp³-hybridized carbons (Fsp3) is 0.500. The molecule has 0 radical (unpaired) electrons. The maximum Gasteiger partial charge on any atom is 0.139 e. The van der Waals surface area contributed by atoms with E-state index in [1.54, 1.807) is 12.4 Å². The van der Waals surface area contributed by atoms with Crippen molar-refractivity contribution >= 4 is 15.9 Å². The van der Waals surface area contributed by atoms with E-state index in [1.807, 2.05) is 6.07 Å². The normalized spacial score (nSPS) is 18.1. The number of hydrogen-bond acceptors (Lipinski definition) is 3. The maximum atomic E-state index is 5.80. The minimum absolute atomic E-state index is 0.340. The molecular weight excluding hydrogens is 244 g/mol. The van der Waals surface area contributed by atoms with Gasteiger partial charge >= 0.3 is 0 Å². The van der Waals surface area contributed by atoms with Crippen LogP contribution in [0, 0.1) is 0 Å². The van der Waals surface area contributed by atoms with Crippen molar-refractivity contribution in [2.75, 3.05) is 13.1 Å². The van der Waals surface area contributed by atoms with Crippen molar-refractivity contribution in [3.8, 4) is 5.75 Å². The van der Waals surface area contributed by atoms with E-state index in [2.05, 4.69) is 26.2 Å². The third-order valence-corrected chi connectivity index (χ3v) is 2.70. The molecule has 0 amide bonds. The summed E-state index contributed by atoms with van der Waals surface area (Å²) < 4.78 is 6.77. The molecule has 0 bridgehead atoms. The van der Waals surface area contributed by atoms with Crippen molar-refractivity contribution < 1.29 is 4.74 Å². The van der Waals surface area contributed by atoms with Crippen molar-refractivity contribution in [2.24, 2.45) is 0 Å². The summed E-state index contributed by atoms with van der Waals surface area (Å²) >= 11 is 3.37. The second-order valence-corrected chi connectivity index (χ2v) is 4.32. The van der Waals surface area contributed by atoms with E-state index in [-0.39, 0.29) is 0 Å². The Labute approximate surface area is 92.0 Å². The van der Waals surface area contributed by atoms with Crippen LogP contribution in [0.15, 0.2) is 22.9 Å². The molecule has 76 valence electrons. The van der Waals surface area contributed by atoms with Gasteiger partial charge < -0.3 is 10.1 Å². The Bertz CT molecular complexity index is 300. The van der Waals surface area contributed by atoms with Crippen LogP contribution in [0.5, 0.6) is 5.75 Å². The molecule has 1 aromatic heterocycles. The van der Waals surface area contributed by atoms with E-state index in [9.17, 15) is 0 Å². The lowest BCUT2D eigenvalue weighted by Crippen LogP contribution is -2.34. The van der Waals surface area contributed by atoms with Gasteiger partial charge in [0.25, 0.3) is 0 Å². The topological polar surface area (TPSA) is 34.1 Å². The van der Waals surface area contributed by atoms with Crippen molar-refractivity contribution in [1.29, 1.82) is 0 Å². The number of ether oxygens (including phenoxy) is 1. The molecule has 0 aliphatic carbocycles. The van der Waals surface area contributed by atoms with Gasteiger partial charge in [0.15, 0.2) is 0 Å². The van der Waals surface area contributed by atoms with Gasteiger partial charge in [0.2, 0.25) is 0 Å². The van der Waals surface area contributed by atoms with Crippen LogP contribution in [0.25, 0.3) is 0 Å². The van der Waals surface area contributed by atoms with Gasteiger partial charge in [0, 0.05) is 10.7 Å². The smallest absolute Gasteiger partial charge is 0.139 e. The monoisotopic (exact) mass is 256 g/mol. The summed E-state index contributed by atoms with van der Waals surface area (Å²) in [4.78, 5) is 4.06. The highest BCUT2D eigenvalue weighted by atomic mass is 79.9. The first-order valence-corrected chi connectivity index (χ1v) is 5.62. The Kier molecular flexibility index (Phi) is 3.37. The van der Waals surface area contributed by atoms with Crippen LogP contribution in [0.1, 0.15) is 12.8 Å². The van der Waals surface area contributed by atoms with Gasteiger partial charge in [-0.1, -0.05) is 0 Å². The second kappa shape index (κ2) is 4.75. The van der Waals surface area contributed by atoms with Crippen LogP contribution in [0.4, 0.5) is 0 Å². The first-order chi connectivity index (χ1) is 6.84. The average molecular weight is 257 g/mol. The molecule has 3 nitrogen and oxygen atoms in total. The molecule has 0 spiro atoms. The first kappa shape index (κ1) is 9.93. The predicted octanol–water partition coefficient (Wildman–Crippen LogP) is 1.97. The quantitative estimate of drug-likeness (QED) is 0.879. The lowest BCUT2D eigenvalue weighted by atomic mass is 10.1. The molecule has 1 aliphatic heterocycles. The van der Waals surface area contributed by atoms with E-state index in [1.165, 1.54) is 0 Å². The minimum Gasteiger partial charge on any atom is -0.489 e. The molecule has 0 aromatic carbocycles. The van der Waals surface area contributed by atoms with Gasteiger partial charge in [-0.15, -0.1) is 0 Å². The zero-order valence-electron chi connectivity index (χ0n) is 7.87. The Morgan fingerprint density at radius 2 is 2.14 bits per heavy atom. The summed E-state index contributed by atoms with van der Waals surface area (Å²) in [6.07, 6.45) is 6.01. The zero-order valence-corrected chi connectivity index (χ0v) is 9.46. The minimum atomic E-state index is 0.340. The largest absolute Gasteiger partial charge is 0.489 e. The van der Waals surface area contributed by atoms with Crippen molar-refractivity contribution in [2.45, 2.75) is 18.9 Å². The fourth-order valence-corrected chi connectivity index (χ4v) is 1.91. The SMILES string of the molecule is Brc1cncc(OC2CCNCC2)c1. The van der Waals surface area contributed by atoms with Gasteiger partial charge in [-0.3, -0.25) is 4.98 Å². The van der Waals surface area contributed by atoms with E-state index in [4.69, 9.17) is 4.74 Å².